The van der Waals surface area contributed by atoms with Crippen LogP contribution in [0.25, 0.3) is 0 Å². The first-order chi connectivity index (χ1) is 5.95. The van der Waals surface area contributed by atoms with Gasteiger partial charge in [0, 0.05) is 0 Å². The Hall–Kier alpha value is -0.560. The summed E-state index contributed by atoms with van der Waals surface area (Å²) in [6.07, 6.45) is 15.8. The van der Waals surface area contributed by atoms with Gasteiger partial charge in [0.05, 0.1) is 12.2 Å². The molecule has 2 aliphatic carbocycles. The van der Waals surface area contributed by atoms with Crippen LogP contribution >= 0.6 is 0 Å². The van der Waals surface area contributed by atoms with Gasteiger partial charge in [0.1, 0.15) is 0 Å². The molecular formula is C11H16O. The molecular weight excluding hydrogens is 148 g/mol. The zero-order valence-electron chi connectivity index (χ0n) is 7.41. The zero-order chi connectivity index (χ0) is 8.23. The molecule has 66 valence electrons. The molecule has 0 fully saturated rings. The summed E-state index contributed by atoms with van der Waals surface area (Å²) in [5, 5.41) is 0. The summed E-state index contributed by atoms with van der Waals surface area (Å²) >= 11 is 0. The van der Waals surface area contributed by atoms with Crippen LogP contribution in [0.5, 0.6) is 0 Å². The summed E-state index contributed by atoms with van der Waals surface area (Å²) in [6.45, 7) is 0. The molecule has 0 bridgehead atoms. The fourth-order valence-electron chi connectivity index (χ4n) is 1.84. The topological polar surface area (TPSA) is 9.23 Å². The second-order valence-electron chi connectivity index (χ2n) is 3.58. The molecule has 2 unspecified atom stereocenters. The lowest BCUT2D eigenvalue weighted by atomic mass is 10.1. The van der Waals surface area contributed by atoms with Crippen molar-refractivity contribution in [2.75, 3.05) is 0 Å². The molecule has 0 aromatic carbocycles. The van der Waals surface area contributed by atoms with Gasteiger partial charge in [-0.3, -0.25) is 0 Å². The van der Waals surface area contributed by atoms with Gasteiger partial charge in [-0.15, -0.1) is 0 Å². The van der Waals surface area contributed by atoms with Gasteiger partial charge < -0.3 is 4.74 Å². The van der Waals surface area contributed by atoms with E-state index >= 15 is 0 Å². The van der Waals surface area contributed by atoms with Gasteiger partial charge in [0.25, 0.3) is 0 Å². The second-order valence-corrected chi connectivity index (χ2v) is 3.58. The summed E-state index contributed by atoms with van der Waals surface area (Å²) in [5.41, 5.74) is 0. The average Bonchev–Trinajstić information content (AvgIpc) is 2.59. The highest BCUT2D eigenvalue weighted by molar-refractivity contribution is 5.00. The Labute approximate surface area is 74.1 Å². The number of rotatable bonds is 2. The van der Waals surface area contributed by atoms with Gasteiger partial charge in [-0.25, -0.2) is 0 Å². The van der Waals surface area contributed by atoms with E-state index in [0.717, 1.165) is 0 Å². The van der Waals surface area contributed by atoms with E-state index in [1.165, 1.54) is 32.1 Å². The van der Waals surface area contributed by atoms with Crippen molar-refractivity contribution < 1.29 is 4.74 Å². The van der Waals surface area contributed by atoms with Crippen LogP contribution in [0.4, 0.5) is 0 Å². The lowest BCUT2D eigenvalue weighted by Gasteiger charge is -2.20. The molecule has 0 aromatic rings. The number of hydrogen-bond donors (Lipinski definition) is 0. The van der Waals surface area contributed by atoms with E-state index in [0.29, 0.717) is 12.2 Å². The highest BCUT2D eigenvalue weighted by Crippen LogP contribution is 2.20. The highest BCUT2D eigenvalue weighted by atomic mass is 16.5. The lowest BCUT2D eigenvalue weighted by molar-refractivity contribution is 0.0337. The maximum absolute atomic E-state index is 5.88. The predicted molar refractivity (Wildman–Crippen MR) is 50.0 cm³/mol. The average molecular weight is 164 g/mol. The van der Waals surface area contributed by atoms with E-state index in [1.807, 2.05) is 0 Å². The third-order valence-electron chi connectivity index (χ3n) is 2.53. The van der Waals surface area contributed by atoms with Crippen molar-refractivity contribution in [1.82, 2.24) is 0 Å². The summed E-state index contributed by atoms with van der Waals surface area (Å²) in [4.78, 5) is 0. The van der Waals surface area contributed by atoms with Crippen LogP contribution < -0.4 is 0 Å². The predicted octanol–water partition coefficient (Wildman–Crippen LogP) is 2.83. The van der Waals surface area contributed by atoms with Crippen molar-refractivity contribution in [2.45, 2.75) is 44.3 Å². The van der Waals surface area contributed by atoms with Crippen molar-refractivity contribution in [1.29, 1.82) is 0 Å². The largest absolute Gasteiger partial charge is 0.367 e. The first-order valence-corrected chi connectivity index (χ1v) is 4.94. The SMILES string of the molecule is C1=CC(OC2C=CCC2)CCC1. The smallest absolute Gasteiger partial charge is 0.0766 e. The van der Waals surface area contributed by atoms with Crippen molar-refractivity contribution >= 4 is 0 Å². The summed E-state index contributed by atoms with van der Waals surface area (Å²) < 4.78 is 5.88. The fraction of sp³-hybridized carbons (Fsp3) is 0.636. The Balaban J connectivity index is 1.81. The minimum Gasteiger partial charge on any atom is -0.367 e. The number of hydrogen-bond acceptors (Lipinski definition) is 1. The minimum absolute atomic E-state index is 0.395. The fourth-order valence-corrected chi connectivity index (χ4v) is 1.84. The van der Waals surface area contributed by atoms with Crippen molar-refractivity contribution in [3.8, 4) is 0 Å². The molecule has 0 radical (unpaired) electrons. The van der Waals surface area contributed by atoms with E-state index in [1.54, 1.807) is 0 Å². The first-order valence-electron chi connectivity index (χ1n) is 4.94. The molecule has 1 heteroatoms. The molecule has 0 saturated carbocycles. The summed E-state index contributed by atoms with van der Waals surface area (Å²) in [6, 6.07) is 0. The molecule has 12 heavy (non-hydrogen) atoms. The Morgan fingerprint density at radius 2 is 1.67 bits per heavy atom. The minimum atomic E-state index is 0.395. The molecule has 1 nitrogen and oxygen atoms in total. The molecule has 0 heterocycles. The molecule has 0 spiro atoms. The van der Waals surface area contributed by atoms with E-state index in [-0.39, 0.29) is 0 Å². The molecule has 0 amide bonds. The second kappa shape index (κ2) is 3.90. The maximum atomic E-state index is 5.88. The number of ether oxygens (including phenoxy) is 1. The van der Waals surface area contributed by atoms with E-state index < -0.39 is 0 Å². The van der Waals surface area contributed by atoms with Crippen LogP contribution in [0, 0.1) is 0 Å². The number of allylic oxidation sites excluding steroid dienone is 2. The van der Waals surface area contributed by atoms with Gasteiger partial charge in [0.2, 0.25) is 0 Å². The van der Waals surface area contributed by atoms with Gasteiger partial charge in [-0.1, -0.05) is 24.3 Å². The van der Waals surface area contributed by atoms with Crippen LogP contribution in [0.2, 0.25) is 0 Å². The molecule has 2 atom stereocenters. The standard InChI is InChI=1S/C11H16O/c1-2-6-10(7-3-1)12-11-8-4-5-9-11/h2,4,6,8,10-11H,1,3,5,7,9H2. The normalized spacial score (nSPS) is 34.3. The molecule has 2 rings (SSSR count). The highest BCUT2D eigenvalue weighted by Gasteiger charge is 2.15. The van der Waals surface area contributed by atoms with E-state index in [2.05, 4.69) is 24.3 Å². The zero-order valence-corrected chi connectivity index (χ0v) is 7.41. The molecule has 0 aromatic heterocycles. The quantitative estimate of drug-likeness (QED) is 0.570. The van der Waals surface area contributed by atoms with Crippen LogP contribution in [0.3, 0.4) is 0 Å². The van der Waals surface area contributed by atoms with E-state index in [9.17, 15) is 0 Å². The Morgan fingerprint density at radius 3 is 2.33 bits per heavy atom. The Kier molecular flexibility index (Phi) is 2.62. The summed E-state index contributed by atoms with van der Waals surface area (Å²) in [7, 11) is 0. The van der Waals surface area contributed by atoms with Crippen LogP contribution in [0.15, 0.2) is 24.3 Å². The van der Waals surface area contributed by atoms with Gasteiger partial charge >= 0.3 is 0 Å². The van der Waals surface area contributed by atoms with Crippen molar-refractivity contribution in [3.63, 3.8) is 0 Å². The summed E-state index contributed by atoms with van der Waals surface area (Å²) in [5.74, 6) is 0. The Morgan fingerprint density at radius 1 is 0.917 bits per heavy atom. The maximum Gasteiger partial charge on any atom is 0.0766 e. The van der Waals surface area contributed by atoms with Crippen LogP contribution in [-0.4, -0.2) is 12.2 Å². The first kappa shape index (κ1) is 8.06. The van der Waals surface area contributed by atoms with Crippen LogP contribution in [-0.2, 0) is 4.74 Å². The molecule has 0 aliphatic heterocycles. The van der Waals surface area contributed by atoms with Gasteiger partial charge in [-0.05, 0) is 32.1 Å². The van der Waals surface area contributed by atoms with Crippen LogP contribution in [0.1, 0.15) is 32.1 Å². The third-order valence-corrected chi connectivity index (χ3v) is 2.53. The van der Waals surface area contributed by atoms with Crippen molar-refractivity contribution in [3.05, 3.63) is 24.3 Å². The van der Waals surface area contributed by atoms with E-state index in [4.69, 9.17) is 4.74 Å². The Bertz CT molecular complexity index is 193. The van der Waals surface area contributed by atoms with Gasteiger partial charge in [0.15, 0.2) is 0 Å². The third kappa shape index (κ3) is 1.98. The van der Waals surface area contributed by atoms with Gasteiger partial charge in [-0.2, -0.15) is 0 Å². The molecule has 0 N–H and O–H groups in total. The monoisotopic (exact) mass is 164 g/mol. The molecule has 0 saturated heterocycles. The molecule has 2 aliphatic rings. The van der Waals surface area contributed by atoms with Crippen molar-refractivity contribution in [2.24, 2.45) is 0 Å². The lowest BCUT2D eigenvalue weighted by Crippen LogP contribution is -2.18.